The minimum Gasteiger partial charge on any atom is -0.484 e. The van der Waals surface area contributed by atoms with Crippen LogP contribution in [0.1, 0.15) is 0 Å². The second-order valence-electron chi connectivity index (χ2n) is 4.73. The number of carbonyl (C=O) groups excluding carboxylic acids is 1. The van der Waals surface area contributed by atoms with E-state index in [1.807, 2.05) is 24.3 Å². The van der Waals surface area contributed by atoms with Crippen LogP contribution in [0.4, 0.5) is 5.69 Å². The molecule has 22 heavy (non-hydrogen) atoms. The van der Waals surface area contributed by atoms with E-state index in [2.05, 4.69) is 10.3 Å². The lowest BCUT2D eigenvalue weighted by Gasteiger charge is -2.08. The molecule has 0 unspecified atom stereocenters. The SMILES string of the molecule is O=C(COc1cccc(Cl)c1)Nc1ccc2cnccc2c1. The zero-order chi connectivity index (χ0) is 15.4. The van der Waals surface area contributed by atoms with E-state index in [-0.39, 0.29) is 12.5 Å². The van der Waals surface area contributed by atoms with Crippen molar-refractivity contribution in [3.63, 3.8) is 0 Å². The molecule has 4 nitrogen and oxygen atoms in total. The zero-order valence-electron chi connectivity index (χ0n) is 11.6. The smallest absolute Gasteiger partial charge is 0.262 e. The number of rotatable bonds is 4. The fourth-order valence-corrected chi connectivity index (χ4v) is 2.24. The summed E-state index contributed by atoms with van der Waals surface area (Å²) < 4.78 is 5.40. The van der Waals surface area contributed by atoms with E-state index in [9.17, 15) is 4.79 Å². The number of pyridine rings is 1. The summed E-state index contributed by atoms with van der Waals surface area (Å²) in [6.45, 7) is -0.0747. The molecule has 0 fully saturated rings. The summed E-state index contributed by atoms with van der Waals surface area (Å²) in [5, 5.41) is 5.41. The molecule has 5 heteroatoms. The van der Waals surface area contributed by atoms with Crippen LogP contribution < -0.4 is 10.1 Å². The number of aromatic nitrogens is 1. The van der Waals surface area contributed by atoms with Crippen molar-refractivity contribution in [1.82, 2.24) is 4.98 Å². The van der Waals surface area contributed by atoms with Gasteiger partial charge in [-0.2, -0.15) is 0 Å². The number of hydrogen-bond donors (Lipinski definition) is 1. The number of anilines is 1. The fraction of sp³-hybridized carbons (Fsp3) is 0.0588. The third kappa shape index (κ3) is 3.54. The highest BCUT2D eigenvalue weighted by Crippen LogP contribution is 2.19. The summed E-state index contributed by atoms with van der Waals surface area (Å²) >= 11 is 5.86. The van der Waals surface area contributed by atoms with Crippen LogP contribution in [0.3, 0.4) is 0 Å². The molecule has 1 N–H and O–H groups in total. The van der Waals surface area contributed by atoms with Gasteiger partial charge in [-0.15, -0.1) is 0 Å². The molecule has 0 saturated heterocycles. The molecule has 110 valence electrons. The van der Waals surface area contributed by atoms with Crippen LogP contribution >= 0.6 is 11.6 Å². The molecule has 3 aromatic rings. The summed E-state index contributed by atoms with van der Waals surface area (Å²) in [6, 6.07) is 14.5. The Hall–Kier alpha value is -2.59. The van der Waals surface area contributed by atoms with Crippen molar-refractivity contribution in [2.24, 2.45) is 0 Å². The normalized spacial score (nSPS) is 10.4. The average molecular weight is 313 g/mol. The van der Waals surface area contributed by atoms with E-state index in [0.29, 0.717) is 10.8 Å². The molecule has 0 aliphatic heterocycles. The topological polar surface area (TPSA) is 51.2 Å². The van der Waals surface area contributed by atoms with Crippen LogP contribution in [0.2, 0.25) is 5.02 Å². The molecule has 0 bridgehead atoms. The summed E-state index contributed by atoms with van der Waals surface area (Å²) in [5.41, 5.74) is 0.721. The first-order valence-electron chi connectivity index (χ1n) is 6.73. The first kappa shape index (κ1) is 14.4. The number of nitrogens with zero attached hydrogens (tertiary/aromatic N) is 1. The van der Waals surface area contributed by atoms with Crippen LogP contribution in [0.15, 0.2) is 60.9 Å². The zero-order valence-corrected chi connectivity index (χ0v) is 12.4. The van der Waals surface area contributed by atoms with Crippen molar-refractivity contribution < 1.29 is 9.53 Å². The van der Waals surface area contributed by atoms with E-state index < -0.39 is 0 Å². The van der Waals surface area contributed by atoms with Gasteiger partial charge in [0.05, 0.1) is 0 Å². The molecule has 0 aliphatic carbocycles. The molecule has 1 amide bonds. The van der Waals surface area contributed by atoms with E-state index in [1.165, 1.54) is 0 Å². The fourth-order valence-electron chi connectivity index (χ4n) is 2.06. The summed E-state index contributed by atoms with van der Waals surface area (Å²) in [6.07, 6.45) is 3.50. The Morgan fingerprint density at radius 3 is 2.91 bits per heavy atom. The van der Waals surface area contributed by atoms with Gasteiger partial charge >= 0.3 is 0 Å². The van der Waals surface area contributed by atoms with Gasteiger partial charge in [-0.25, -0.2) is 0 Å². The number of amides is 1. The average Bonchev–Trinajstić information content (AvgIpc) is 2.53. The first-order valence-corrected chi connectivity index (χ1v) is 7.10. The monoisotopic (exact) mass is 312 g/mol. The Morgan fingerprint density at radius 1 is 1.14 bits per heavy atom. The largest absolute Gasteiger partial charge is 0.484 e. The number of hydrogen-bond acceptors (Lipinski definition) is 3. The van der Waals surface area contributed by atoms with Gasteiger partial charge in [0.2, 0.25) is 0 Å². The standard InChI is InChI=1S/C17H13ClN2O2/c18-14-2-1-3-16(9-14)22-11-17(21)20-15-5-4-13-10-19-7-6-12(13)8-15/h1-10H,11H2,(H,20,21). The van der Waals surface area contributed by atoms with Crippen molar-refractivity contribution in [1.29, 1.82) is 0 Å². The highest BCUT2D eigenvalue weighted by molar-refractivity contribution is 6.30. The number of fused-ring (bicyclic) bond motifs is 1. The van der Waals surface area contributed by atoms with Gasteiger partial charge in [0.15, 0.2) is 6.61 Å². The van der Waals surface area contributed by atoms with Gasteiger partial charge in [-0.3, -0.25) is 9.78 Å². The maximum atomic E-state index is 11.9. The highest BCUT2D eigenvalue weighted by atomic mass is 35.5. The number of ether oxygens (including phenoxy) is 1. The second kappa shape index (κ2) is 6.45. The van der Waals surface area contributed by atoms with Crippen molar-refractivity contribution in [2.75, 3.05) is 11.9 Å². The third-order valence-electron chi connectivity index (χ3n) is 3.09. The van der Waals surface area contributed by atoms with Crippen LogP contribution in [-0.2, 0) is 4.79 Å². The van der Waals surface area contributed by atoms with Gasteiger partial charge in [0.1, 0.15) is 5.75 Å². The molecule has 0 radical (unpaired) electrons. The van der Waals surface area contributed by atoms with E-state index in [4.69, 9.17) is 16.3 Å². The van der Waals surface area contributed by atoms with Crippen molar-refractivity contribution in [2.45, 2.75) is 0 Å². The highest BCUT2D eigenvalue weighted by Gasteiger charge is 2.05. The molecule has 0 spiro atoms. The minimum atomic E-state index is -0.228. The van der Waals surface area contributed by atoms with Crippen LogP contribution in [0.25, 0.3) is 10.8 Å². The molecule has 0 aliphatic rings. The van der Waals surface area contributed by atoms with Crippen molar-refractivity contribution in [3.05, 3.63) is 65.9 Å². The van der Waals surface area contributed by atoms with Crippen LogP contribution in [-0.4, -0.2) is 17.5 Å². The molecule has 2 aromatic carbocycles. The predicted molar refractivity (Wildman–Crippen MR) is 87.3 cm³/mol. The Kier molecular flexibility index (Phi) is 4.21. The van der Waals surface area contributed by atoms with Gasteiger partial charge in [0.25, 0.3) is 5.91 Å². The van der Waals surface area contributed by atoms with E-state index >= 15 is 0 Å². The summed E-state index contributed by atoms with van der Waals surface area (Å²) in [4.78, 5) is 16.0. The molecule has 1 aromatic heterocycles. The molecular weight excluding hydrogens is 300 g/mol. The molecule has 1 heterocycles. The Morgan fingerprint density at radius 2 is 2.05 bits per heavy atom. The number of halogens is 1. The quantitative estimate of drug-likeness (QED) is 0.794. The third-order valence-corrected chi connectivity index (χ3v) is 3.33. The van der Waals surface area contributed by atoms with E-state index in [1.54, 1.807) is 36.7 Å². The minimum absolute atomic E-state index is 0.0747. The first-order chi connectivity index (χ1) is 10.7. The van der Waals surface area contributed by atoms with Gasteiger partial charge in [0, 0.05) is 28.5 Å². The molecule has 0 atom stereocenters. The lowest BCUT2D eigenvalue weighted by atomic mass is 10.1. The Bertz CT molecular complexity index is 820. The second-order valence-corrected chi connectivity index (χ2v) is 5.17. The summed E-state index contributed by atoms with van der Waals surface area (Å²) in [5.74, 6) is 0.334. The lowest BCUT2D eigenvalue weighted by molar-refractivity contribution is -0.118. The van der Waals surface area contributed by atoms with E-state index in [0.717, 1.165) is 16.5 Å². The van der Waals surface area contributed by atoms with Crippen molar-refractivity contribution in [3.8, 4) is 5.75 Å². The number of benzene rings is 2. The molecule has 0 saturated carbocycles. The molecular formula is C17H13ClN2O2. The van der Waals surface area contributed by atoms with Gasteiger partial charge in [-0.1, -0.05) is 23.7 Å². The Balaban J connectivity index is 1.63. The number of carbonyl (C=O) groups is 1. The number of nitrogens with one attached hydrogen (secondary N) is 1. The maximum Gasteiger partial charge on any atom is 0.262 e. The maximum absolute atomic E-state index is 11.9. The Labute approximate surface area is 132 Å². The van der Waals surface area contributed by atoms with Crippen molar-refractivity contribution >= 4 is 34.0 Å². The van der Waals surface area contributed by atoms with Gasteiger partial charge in [-0.05, 0) is 41.8 Å². The molecule has 3 rings (SSSR count). The predicted octanol–water partition coefficient (Wildman–Crippen LogP) is 3.91. The van der Waals surface area contributed by atoms with Crippen LogP contribution in [0.5, 0.6) is 5.75 Å². The summed E-state index contributed by atoms with van der Waals surface area (Å²) in [7, 11) is 0. The van der Waals surface area contributed by atoms with Gasteiger partial charge < -0.3 is 10.1 Å². The van der Waals surface area contributed by atoms with Crippen LogP contribution in [0, 0.1) is 0 Å². The lowest BCUT2D eigenvalue weighted by Crippen LogP contribution is -2.20.